The molecule has 0 aliphatic heterocycles. The van der Waals surface area contributed by atoms with E-state index in [9.17, 15) is 0 Å². The van der Waals surface area contributed by atoms with Gasteiger partial charge in [-0.05, 0) is 85.6 Å². The molecule has 0 aromatic heterocycles. The molecule has 0 N–H and O–H groups in total. The Kier molecular flexibility index (Phi) is 4.84. The Morgan fingerprint density at radius 1 is 0.417 bits per heavy atom. The molecule has 0 amide bonds. The topological polar surface area (TPSA) is 0 Å². The van der Waals surface area contributed by atoms with Crippen molar-refractivity contribution in [3.63, 3.8) is 0 Å². The van der Waals surface area contributed by atoms with Crippen LogP contribution in [0.5, 0.6) is 0 Å². The molecule has 1 heteroatoms. The van der Waals surface area contributed by atoms with Gasteiger partial charge in [-0.15, -0.1) is 0 Å². The summed E-state index contributed by atoms with van der Waals surface area (Å²) in [7, 11) is 0. The highest BCUT2D eigenvalue weighted by Crippen LogP contribution is 2.57. The number of hydrogen-bond acceptors (Lipinski definition) is 0. The Labute approximate surface area is 216 Å². The van der Waals surface area contributed by atoms with E-state index in [-0.39, 0.29) is 0 Å². The average molecular weight is 479 g/mol. The van der Waals surface area contributed by atoms with Crippen molar-refractivity contribution < 1.29 is 0 Å². The molecule has 1 atom stereocenters. The quantitative estimate of drug-likeness (QED) is 0.237. The Hall–Kier alpha value is -4.13. The Balaban J connectivity index is 1.63. The Morgan fingerprint density at radius 3 is 1.81 bits per heavy atom. The molecule has 0 saturated heterocycles. The fraction of sp³-hybridized carbons (Fsp3) is 0.0286. The van der Waals surface area contributed by atoms with Crippen LogP contribution < -0.4 is 0 Å². The molecule has 0 bridgehead atoms. The summed E-state index contributed by atoms with van der Waals surface area (Å²) in [4.78, 5) is 0. The van der Waals surface area contributed by atoms with Crippen molar-refractivity contribution in [2.75, 3.05) is 0 Å². The lowest BCUT2D eigenvalue weighted by Crippen LogP contribution is -2.28. The van der Waals surface area contributed by atoms with Crippen molar-refractivity contribution in [3.05, 3.63) is 167 Å². The molecule has 0 nitrogen and oxygen atoms in total. The van der Waals surface area contributed by atoms with E-state index in [2.05, 4.69) is 133 Å². The van der Waals surface area contributed by atoms with Crippen LogP contribution in [0.2, 0.25) is 5.02 Å². The lowest BCUT2D eigenvalue weighted by Gasteiger charge is -2.34. The number of benzene rings is 6. The van der Waals surface area contributed by atoms with Gasteiger partial charge in [-0.3, -0.25) is 0 Å². The summed E-state index contributed by atoms with van der Waals surface area (Å²) < 4.78 is 0. The first-order valence-electron chi connectivity index (χ1n) is 12.3. The summed E-state index contributed by atoms with van der Waals surface area (Å²) in [5, 5.41) is 3.25. The van der Waals surface area contributed by atoms with Crippen LogP contribution in [-0.4, -0.2) is 0 Å². The minimum atomic E-state index is -0.481. The molecule has 0 fully saturated rings. The number of halogens is 1. The van der Waals surface area contributed by atoms with E-state index >= 15 is 0 Å². The van der Waals surface area contributed by atoms with Gasteiger partial charge < -0.3 is 0 Å². The maximum absolute atomic E-state index is 6.70. The van der Waals surface area contributed by atoms with E-state index in [1.165, 1.54) is 55.3 Å². The molecule has 0 saturated carbocycles. The van der Waals surface area contributed by atoms with Gasteiger partial charge in [-0.2, -0.15) is 0 Å². The molecular weight excluding hydrogens is 456 g/mol. The Morgan fingerprint density at radius 2 is 1.03 bits per heavy atom. The first-order chi connectivity index (χ1) is 17.7. The zero-order valence-electron chi connectivity index (χ0n) is 19.7. The van der Waals surface area contributed by atoms with Crippen molar-refractivity contribution in [2.24, 2.45) is 0 Å². The summed E-state index contributed by atoms with van der Waals surface area (Å²) in [6.07, 6.45) is 0. The van der Waals surface area contributed by atoms with Gasteiger partial charge in [-0.25, -0.2) is 0 Å². The molecule has 7 rings (SSSR count). The van der Waals surface area contributed by atoms with Gasteiger partial charge in [0.15, 0.2) is 0 Å². The van der Waals surface area contributed by atoms with Crippen molar-refractivity contribution in [3.8, 4) is 22.3 Å². The first-order valence-corrected chi connectivity index (χ1v) is 12.7. The highest BCUT2D eigenvalue weighted by molar-refractivity contribution is 6.30. The third-order valence-electron chi connectivity index (χ3n) is 7.58. The standard InChI is InChI=1S/C35H23Cl/c36-30-18-19-31-32-21-26-12-7-8-13-27(26)22-33(32)35(34(31)23-30,28-15-5-2-6-16-28)29-17-9-14-25(20-29)24-10-3-1-4-11-24/h1-23H. The lowest BCUT2D eigenvalue weighted by atomic mass is 9.67. The zero-order valence-corrected chi connectivity index (χ0v) is 20.4. The van der Waals surface area contributed by atoms with Crippen LogP contribution in [0.4, 0.5) is 0 Å². The lowest BCUT2D eigenvalue weighted by molar-refractivity contribution is 0.770. The van der Waals surface area contributed by atoms with E-state index in [1.54, 1.807) is 0 Å². The SMILES string of the molecule is Clc1ccc2c(c1)C(c1ccccc1)(c1cccc(-c3ccccc3)c1)c1cc3ccccc3cc1-2. The zero-order chi connectivity index (χ0) is 24.1. The smallest absolute Gasteiger partial charge is 0.0714 e. The van der Waals surface area contributed by atoms with Crippen molar-refractivity contribution in [2.45, 2.75) is 5.41 Å². The molecule has 36 heavy (non-hydrogen) atoms. The maximum Gasteiger partial charge on any atom is 0.0714 e. The van der Waals surface area contributed by atoms with E-state index in [0.29, 0.717) is 0 Å². The molecule has 6 aromatic carbocycles. The van der Waals surface area contributed by atoms with Gasteiger partial charge >= 0.3 is 0 Å². The molecule has 0 radical (unpaired) electrons. The summed E-state index contributed by atoms with van der Waals surface area (Å²) in [5.74, 6) is 0. The number of hydrogen-bond donors (Lipinski definition) is 0. The minimum Gasteiger partial charge on any atom is -0.0843 e. The second kappa shape index (κ2) is 8.22. The maximum atomic E-state index is 6.70. The molecule has 1 aliphatic carbocycles. The molecule has 6 aromatic rings. The summed E-state index contributed by atoms with van der Waals surface area (Å²) in [6.45, 7) is 0. The normalized spacial score (nSPS) is 16.0. The van der Waals surface area contributed by atoms with Crippen molar-refractivity contribution in [1.29, 1.82) is 0 Å². The van der Waals surface area contributed by atoms with Gasteiger partial charge in [0.1, 0.15) is 0 Å². The van der Waals surface area contributed by atoms with Crippen molar-refractivity contribution >= 4 is 22.4 Å². The highest BCUT2D eigenvalue weighted by Gasteiger charge is 2.46. The number of rotatable bonds is 3. The van der Waals surface area contributed by atoms with Crippen LogP contribution in [0.1, 0.15) is 22.3 Å². The third kappa shape index (κ3) is 3.08. The van der Waals surface area contributed by atoms with Crippen LogP contribution in [0.15, 0.2) is 140 Å². The van der Waals surface area contributed by atoms with Gasteiger partial charge in [-0.1, -0.05) is 121 Å². The molecule has 170 valence electrons. The van der Waals surface area contributed by atoms with Crippen LogP contribution in [0, 0.1) is 0 Å². The molecular formula is C35H23Cl. The molecule has 1 unspecified atom stereocenters. The van der Waals surface area contributed by atoms with Gasteiger partial charge in [0.25, 0.3) is 0 Å². The predicted octanol–water partition coefficient (Wildman–Crippen LogP) is 9.52. The molecule has 1 aliphatic rings. The fourth-order valence-electron chi connectivity index (χ4n) is 6.02. The van der Waals surface area contributed by atoms with Crippen LogP contribution in [0.3, 0.4) is 0 Å². The third-order valence-corrected chi connectivity index (χ3v) is 7.81. The first kappa shape index (κ1) is 21.2. The Bertz CT molecular complexity index is 1730. The van der Waals surface area contributed by atoms with Crippen LogP contribution in [-0.2, 0) is 5.41 Å². The number of fused-ring (bicyclic) bond motifs is 4. The molecule has 0 heterocycles. The van der Waals surface area contributed by atoms with Crippen LogP contribution in [0.25, 0.3) is 33.0 Å². The van der Waals surface area contributed by atoms with Gasteiger partial charge in [0.2, 0.25) is 0 Å². The summed E-state index contributed by atoms with van der Waals surface area (Å²) in [6, 6.07) is 50.3. The second-order valence-corrected chi connectivity index (χ2v) is 9.93. The van der Waals surface area contributed by atoms with Crippen molar-refractivity contribution in [1.82, 2.24) is 0 Å². The van der Waals surface area contributed by atoms with E-state index in [4.69, 9.17) is 11.6 Å². The second-order valence-electron chi connectivity index (χ2n) is 9.50. The van der Waals surface area contributed by atoms with Gasteiger partial charge in [0, 0.05) is 5.02 Å². The summed E-state index contributed by atoms with van der Waals surface area (Å²) >= 11 is 6.70. The highest BCUT2D eigenvalue weighted by atomic mass is 35.5. The molecule has 0 spiro atoms. The largest absolute Gasteiger partial charge is 0.0843 e. The fourth-order valence-corrected chi connectivity index (χ4v) is 6.19. The van der Waals surface area contributed by atoms with E-state index in [1.807, 2.05) is 6.07 Å². The van der Waals surface area contributed by atoms with Gasteiger partial charge in [0.05, 0.1) is 5.41 Å². The average Bonchev–Trinajstić information content (AvgIpc) is 3.22. The van der Waals surface area contributed by atoms with E-state index in [0.717, 1.165) is 5.02 Å². The monoisotopic (exact) mass is 478 g/mol. The predicted molar refractivity (Wildman–Crippen MR) is 152 cm³/mol. The summed E-state index contributed by atoms with van der Waals surface area (Å²) in [5.41, 5.74) is 9.48. The van der Waals surface area contributed by atoms with Crippen LogP contribution >= 0.6 is 11.6 Å². The minimum absolute atomic E-state index is 0.481. The van der Waals surface area contributed by atoms with E-state index < -0.39 is 5.41 Å².